The predicted molar refractivity (Wildman–Crippen MR) is 138 cm³/mol. The smallest absolute Gasteiger partial charge is 0.410 e. The number of methoxy groups -OCH3 is 1. The van der Waals surface area contributed by atoms with Gasteiger partial charge in [0.15, 0.2) is 0 Å². The van der Waals surface area contributed by atoms with Crippen molar-refractivity contribution in [3.8, 4) is 5.75 Å². The summed E-state index contributed by atoms with van der Waals surface area (Å²) in [6.45, 7) is 1.35. The number of halogens is 1. The van der Waals surface area contributed by atoms with Gasteiger partial charge in [-0.3, -0.25) is 19.8 Å². The molecule has 2 aliphatic heterocycles. The lowest BCUT2D eigenvalue weighted by Crippen LogP contribution is -2.61. The summed E-state index contributed by atoms with van der Waals surface area (Å²) in [4.78, 5) is 39.6. The van der Waals surface area contributed by atoms with Gasteiger partial charge in [-0.15, -0.1) is 12.4 Å². The van der Waals surface area contributed by atoms with Crippen LogP contribution in [0.1, 0.15) is 17.5 Å². The first kappa shape index (κ1) is 27.6. The number of benzene rings is 2. The molecule has 0 radical (unpaired) electrons. The van der Waals surface area contributed by atoms with E-state index in [9.17, 15) is 19.7 Å². The zero-order valence-electron chi connectivity index (χ0n) is 19.8. The lowest BCUT2D eigenvalue weighted by Gasteiger charge is -2.39. The van der Waals surface area contributed by atoms with Crippen molar-refractivity contribution in [1.82, 2.24) is 9.80 Å². The molecular formula is C24H29ClN4O6S. The predicted octanol–water partition coefficient (Wildman–Crippen LogP) is 3.21. The van der Waals surface area contributed by atoms with Crippen molar-refractivity contribution in [2.24, 2.45) is 5.73 Å². The van der Waals surface area contributed by atoms with Gasteiger partial charge in [0, 0.05) is 48.8 Å². The highest BCUT2D eigenvalue weighted by atomic mass is 35.5. The van der Waals surface area contributed by atoms with Crippen molar-refractivity contribution < 1.29 is 24.0 Å². The summed E-state index contributed by atoms with van der Waals surface area (Å²) in [7, 11) is 1.62. The van der Waals surface area contributed by atoms with Gasteiger partial charge in [-0.2, -0.15) is 11.8 Å². The molecule has 2 heterocycles. The van der Waals surface area contributed by atoms with Crippen molar-refractivity contribution in [2.45, 2.75) is 36.1 Å². The van der Waals surface area contributed by atoms with Gasteiger partial charge >= 0.3 is 6.09 Å². The van der Waals surface area contributed by atoms with Crippen LogP contribution in [0.25, 0.3) is 0 Å². The summed E-state index contributed by atoms with van der Waals surface area (Å²) < 4.78 is 10.7. The third kappa shape index (κ3) is 6.59. The van der Waals surface area contributed by atoms with Crippen LogP contribution in [0.15, 0.2) is 48.5 Å². The SMILES string of the molecule is COc1ccc(CS[C@H]2C[C@@H](C(=O)N3CC(N)C3)N(C(=O)OCc3ccc([N+](=O)[O-])cc3)C2)cc1.Cl. The Labute approximate surface area is 219 Å². The highest BCUT2D eigenvalue weighted by molar-refractivity contribution is 7.99. The molecule has 2 aliphatic rings. The summed E-state index contributed by atoms with van der Waals surface area (Å²) in [5, 5.41) is 10.9. The van der Waals surface area contributed by atoms with Gasteiger partial charge in [-0.1, -0.05) is 12.1 Å². The quantitative estimate of drug-likeness (QED) is 0.402. The Hall–Kier alpha value is -3.02. The molecule has 2 amide bonds. The maximum absolute atomic E-state index is 13.1. The minimum Gasteiger partial charge on any atom is -0.497 e. The van der Waals surface area contributed by atoms with E-state index in [1.807, 2.05) is 24.3 Å². The molecule has 0 bridgehead atoms. The monoisotopic (exact) mass is 536 g/mol. The van der Waals surface area contributed by atoms with E-state index in [2.05, 4.69) is 0 Å². The molecular weight excluding hydrogens is 508 g/mol. The lowest BCUT2D eigenvalue weighted by molar-refractivity contribution is -0.384. The molecule has 0 spiro atoms. The van der Waals surface area contributed by atoms with E-state index in [1.165, 1.54) is 17.0 Å². The summed E-state index contributed by atoms with van der Waals surface area (Å²) >= 11 is 1.70. The van der Waals surface area contributed by atoms with Crippen molar-refractivity contribution >= 4 is 41.9 Å². The van der Waals surface area contributed by atoms with Gasteiger partial charge in [-0.05, 0) is 41.8 Å². The number of nitrogens with two attached hydrogens (primary N) is 1. The van der Waals surface area contributed by atoms with Crippen LogP contribution in [0.2, 0.25) is 0 Å². The number of rotatable bonds is 8. The van der Waals surface area contributed by atoms with Gasteiger partial charge in [-0.25, -0.2) is 4.79 Å². The van der Waals surface area contributed by atoms with Gasteiger partial charge in [0.25, 0.3) is 5.69 Å². The number of amides is 2. The number of nitro groups is 1. The Morgan fingerprint density at radius 1 is 1.08 bits per heavy atom. The summed E-state index contributed by atoms with van der Waals surface area (Å²) in [6.07, 6.45) is -0.0306. The molecule has 0 saturated carbocycles. The van der Waals surface area contributed by atoms with E-state index in [1.54, 1.807) is 35.9 Å². The van der Waals surface area contributed by atoms with Crippen molar-refractivity contribution in [2.75, 3.05) is 26.7 Å². The van der Waals surface area contributed by atoms with E-state index < -0.39 is 17.1 Å². The highest BCUT2D eigenvalue weighted by Gasteiger charge is 2.44. The van der Waals surface area contributed by atoms with Crippen LogP contribution in [0.5, 0.6) is 5.75 Å². The van der Waals surface area contributed by atoms with E-state index >= 15 is 0 Å². The van der Waals surface area contributed by atoms with Crippen LogP contribution in [-0.2, 0) is 21.9 Å². The Kier molecular flexibility index (Phi) is 9.41. The van der Waals surface area contributed by atoms with Crippen molar-refractivity contribution in [3.05, 3.63) is 69.8 Å². The Bertz CT molecular complexity index is 1070. The topological polar surface area (TPSA) is 128 Å². The number of nitro benzene ring substituents is 1. The van der Waals surface area contributed by atoms with Crippen molar-refractivity contribution in [1.29, 1.82) is 0 Å². The van der Waals surface area contributed by atoms with Gasteiger partial charge in [0.1, 0.15) is 18.4 Å². The molecule has 12 heteroatoms. The molecule has 10 nitrogen and oxygen atoms in total. The fraction of sp³-hybridized carbons (Fsp3) is 0.417. The fourth-order valence-corrected chi connectivity index (χ4v) is 5.34. The molecule has 2 fully saturated rings. The largest absolute Gasteiger partial charge is 0.497 e. The van der Waals surface area contributed by atoms with E-state index in [4.69, 9.17) is 15.2 Å². The van der Waals surface area contributed by atoms with E-state index in [0.717, 1.165) is 17.1 Å². The maximum atomic E-state index is 13.1. The highest BCUT2D eigenvalue weighted by Crippen LogP contribution is 2.32. The average molecular weight is 537 g/mol. The van der Waals surface area contributed by atoms with Gasteiger partial charge in [0.05, 0.1) is 12.0 Å². The number of nitrogens with zero attached hydrogens (tertiary/aromatic N) is 3. The second-order valence-corrected chi connectivity index (χ2v) is 9.96. The Morgan fingerprint density at radius 2 is 1.72 bits per heavy atom. The standard InChI is InChI=1S/C24H28N4O6S.ClH/c1-33-20-8-4-17(5-9-20)15-35-21-10-22(23(29)26-11-18(25)12-26)27(13-21)24(30)34-14-16-2-6-19(7-3-16)28(31)32;/h2-9,18,21-22H,10-15,25H2,1H3;1H/t21-,22-;/m0./s1. The normalized spacial score (nSPS) is 19.3. The number of ether oxygens (including phenoxy) is 2. The molecule has 36 heavy (non-hydrogen) atoms. The molecule has 0 aromatic heterocycles. The molecule has 4 rings (SSSR count). The van der Waals surface area contributed by atoms with Crippen LogP contribution >= 0.6 is 24.2 Å². The molecule has 2 aromatic carbocycles. The van der Waals surface area contributed by atoms with Crippen LogP contribution in [0, 0.1) is 10.1 Å². The number of non-ortho nitro benzene ring substituents is 1. The maximum Gasteiger partial charge on any atom is 0.410 e. The number of thioether (sulfide) groups is 1. The summed E-state index contributed by atoms with van der Waals surface area (Å²) in [5.41, 5.74) is 7.58. The van der Waals surface area contributed by atoms with Gasteiger partial charge in [0.2, 0.25) is 5.91 Å². The molecule has 194 valence electrons. The number of hydrogen-bond acceptors (Lipinski definition) is 8. The number of carbonyl (C=O) groups excluding carboxylic acids is 2. The first-order valence-corrected chi connectivity index (χ1v) is 12.3. The number of likely N-dealkylation sites (tertiary alicyclic amines) is 2. The minimum atomic E-state index is -0.597. The second kappa shape index (κ2) is 12.3. The minimum absolute atomic E-state index is 0. The number of carbonyl (C=O) groups is 2. The zero-order valence-corrected chi connectivity index (χ0v) is 21.4. The third-order valence-electron chi connectivity index (χ3n) is 6.16. The number of hydrogen-bond donors (Lipinski definition) is 1. The van der Waals surface area contributed by atoms with Crippen LogP contribution < -0.4 is 10.5 Å². The van der Waals surface area contributed by atoms with Crippen LogP contribution in [-0.4, -0.2) is 70.8 Å². The van der Waals surface area contributed by atoms with Gasteiger partial charge < -0.3 is 20.1 Å². The lowest BCUT2D eigenvalue weighted by atomic mass is 10.1. The Morgan fingerprint density at radius 3 is 2.31 bits per heavy atom. The third-order valence-corrected chi connectivity index (χ3v) is 7.47. The molecule has 2 atom stereocenters. The zero-order chi connectivity index (χ0) is 24.9. The average Bonchev–Trinajstić information content (AvgIpc) is 3.28. The van der Waals surface area contributed by atoms with Crippen LogP contribution in [0.3, 0.4) is 0 Å². The molecule has 2 saturated heterocycles. The van der Waals surface area contributed by atoms with E-state index in [0.29, 0.717) is 31.6 Å². The van der Waals surface area contributed by atoms with Crippen LogP contribution in [0.4, 0.5) is 10.5 Å². The summed E-state index contributed by atoms with van der Waals surface area (Å²) in [6, 6.07) is 13.0. The van der Waals surface area contributed by atoms with Crippen molar-refractivity contribution in [3.63, 3.8) is 0 Å². The molecule has 0 unspecified atom stereocenters. The molecule has 2 N–H and O–H groups in total. The second-order valence-electron chi connectivity index (χ2n) is 8.67. The summed E-state index contributed by atoms with van der Waals surface area (Å²) in [5.74, 6) is 1.43. The molecule has 2 aromatic rings. The molecule has 0 aliphatic carbocycles. The first-order chi connectivity index (χ1) is 16.8. The fourth-order valence-electron chi connectivity index (χ4n) is 4.14. The Balaban J connectivity index is 0.00000361. The first-order valence-electron chi connectivity index (χ1n) is 11.3. The van der Waals surface area contributed by atoms with E-state index in [-0.39, 0.29) is 41.9 Å².